The third kappa shape index (κ3) is 3.01. The molecule has 0 aliphatic carbocycles. The van der Waals surface area contributed by atoms with Crippen LogP contribution >= 0.6 is 0 Å². The molecule has 1 atom stereocenters. The first kappa shape index (κ1) is 13.7. The molecule has 0 saturated carbocycles. The van der Waals surface area contributed by atoms with Crippen molar-refractivity contribution in [3.05, 3.63) is 35.4 Å². The Bertz CT molecular complexity index is 485. The molecule has 1 aliphatic heterocycles. The van der Waals surface area contributed by atoms with Crippen LogP contribution in [0, 0.1) is 5.92 Å². The molecule has 1 amide bonds. The van der Waals surface area contributed by atoms with Crippen LogP contribution in [0.2, 0.25) is 0 Å². The van der Waals surface area contributed by atoms with Crippen LogP contribution in [-0.2, 0) is 0 Å². The molecule has 1 saturated heterocycles. The molecule has 1 unspecified atom stereocenters. The SMILES string of the molecule is CNCC1CCN(C(=O)c2ccccc2C(C)=O)C1. The summed E-state index contributed by atoms with van der Waals surface area (Å²) in [5.41, 5.74) is 1.05. The van der Waals surface area contributed by atoms with Gasteiger partial charge in [0.1, 0.15) is 0 Å². The summed E-state index contributed by atoms with van der Waals surface area (Å²) in [7, 11) is 1.93. The van der Waals surface area contributed by atoms with Crippen molar-refractivity contribution < 1.29 is 9.59 Å². The Morgan fingerprint density at radius 3 is 2.63 bits per heavy atom. The van der Waals surface area contributed by atoms with Gasteiger partial charge in [0.2, 0.25) is 0 Å². The van der Waals surface area contributed by atoms with Gasteiger partial charge in [-0.15, -0.1) is 0 Å². The number of amides is 1. The summed E-state index contributed by atoms with van der Waals surface area (Å²) >= 11 is 0. The number of hydrogen-bond donors (Lipinski definition) is 1. The molecular formula is C15H20N2O2. The van der Waals surface area contributed by atoms with Gasteiger partial charge in [-0.1, -0.05) is 18.2 Å². The summed E-state index contributed by atoms with van der Waals surface area (Å²) in [5.74, 6) is 0.428. The highest BCUT2D eigenvalue weighted by Crippen LogP contribution is 2.20. The van der Waals surface area contributed by atoms with E-state index in [1.54, 1.807) is 24.3 Å². The van der Waals surface area contributed by atoms with E-state index in [1.165, 1.54) is 6.92 Å². The van der Waals surface area contributed by atoms with E-state index in [4.69, 9.17) is 0 Å². The number of ketones is 1. The van der Waals surface area contributed by atoms with Crippen LogP contribution in [-0.4, -0.2) is 43.3 Å². The average molecular weight is 260 g/mol. The van der Waals surface area contributed by atoms with Crippen molar-refractivity contribution >= 4 is 11.7 Å². The maximum atomic E-state index is 12.5. The van der Waals surface area contributed by atoms with Gasteiger partial charge in [-0.3, -0.25) is 9.59 Å². The van der Waals surface area contributed by atoms with E-state index in [2.05, 4.69) is 5.32 Å². The van der Waals surface area contributed by atoms with Gasteiger partial charge in [0.05, 0.1) is 5.56 Å². The summed E-state index contributed by atoms with van der Waals surface area (Å²) in [5, 5.41) is 3.15. The molecule has 1 aliphatic rings. The van der Waals surface area contributed by atoms with Crippen LogP contribution in [0.3, 0.4) is 0 Å². The number of carbonyl (C=O) groups is 2. The van der Waals surface area contributed by atoms with Crippen LogP contribution in [0.25, 0.3) is 0 Å². The van der Waals surface area contributed by atoms with Gasteiger partial charge in [-0.25, -0.2) is 0 Å². The van der Waals surface area contributed by atoms with Crippen molar-refractivity contribution in [1.29, 1.82) is 0 Å². The van der Waals surface area contributed by atoms with Gasteiger partial charge >= 0.3 is 0 Å². The second kappa shape index (κ2) is 5.97. The predicted molar refractivity (Wildman–Crippen MR) is 74.4 cm³/mol. The molecule has 1 heterocycles. The Kier molecular flexibility index (Phi) is 4.32. The first-order valence-electron chi connectivity index (χ1n) is 6.67. The van der Waals surface area contributed by atoms with E-state index in [0.29, 0.717) is 17.0 Å². The summed E-state index contributed by atoms with van der Waals surface area (Å²) in [6.07, 6.45) is 1.02. The summed E-state index contributed by atoms with van der Waals surface area (Å²) in [6.45, 7) is 3.97. The Morgan fingerprint density at radius 1 is 1.32 bits per heavy atom. The molecule has 102 valence electrons. The van der Waals surface area contributed by atoms with Gasteiger partial charge in [0.25, 0.3) is 5.91 Å². The predicted octanol–water partition coefficient (Wildman–Crippen LogP) is 1.57. The lowest BCUT2D eigenvalue weighted by molar-refractivity contribution is 0.0782. The summed E-state index contributed by atoms with van der Waals surface area (Å²) in [6, 6.07) is 7.06. The fraction of sp³-hybridized carbons (Fsp3) is 0.467. The number of rotatable bonds is 4. The zero-order chi connectivity index (χ0) is 13.8. The first-order valence-corrected chi connectivity index (χ1v) is 6.67. The molecule has 4 heteroatoms. The largest absolute Gasteiger partial charge is 0.338 e. The number of nitrogens with zero attached hydrogens (tertiary/aromatic N) is 1. The maximum Gasteiger partial charge on any atom is 0.254 e. The minimum absolute atomic E-state index is 0.0237. The minimum Gasteiger partial charge on any atom is -0.338 e. The molecule has 0 spiro atoms. The van der Waals surface area contributed by atoms with E-state index in [9.17, 15) is 9.59 Å². The highest BCUT2D eigenvalue weighted by molar-refractivity contribution is 6.07. The number of benzene rings is 1. The van der Waals surface area contributed by atoms with E-state index in [-0.39, 0.29) is 11.7 Å². The fourth-order valence-corrected chi connectivity index (χ4v) is 2.62. The molecule has 0 bridgehead atoms. The lowest BCUT2D eigenvalue weighted by Crippen LogP contribution is -2.31. The van der Waals surface area contributed by atoms with Crippen LogP contribution in [0.1, 0.15) is 34.1 Å². The smallest absolute Gasteiger partial charge is 0.254 e. The second-order valence-electron chi connectivity index (χ2n) is 5.07. The van der Waals surface area contributed by atoms with E-state index >= 15 is 0 Å². The summed E-state index contributed by atoms with van der Waals surface area (Å²) in [4.78, 5) is 25.9. The second-order valence-corrected chi connectivity index (χ2v) is 5.07. The Hall–Kier alpha value is -1.68. The van der Waals surface area contributed by atoms with Crippen molar-refractivity contribution in [1.82, 2.24) is 10.2 Å². The first-order chi connectivity index (χ1) is 9.13. The van der Waals surface area contributed by atoms with E-state index < -0.39 is 0 Å². The quantitative estimate of drug-likeness (QED) is 0.836. The molecule has 19 heavy (non-hydrogen) atoms. The highest BCUT2D eigenvalue weighted by Gasteiger charge is 2.27. The number of nitrogens with one attached hydrogen (secondary N) is 1. The van der Waals surface area contributed by atoms with Gasteiger partial charge < -0.3 is 10.2 Å². The van der Waals surface area contributed by atoms with Crippen LogP contribution in [0.4, 0.5) is 0 Å². The Morgan fingerprint density at radius 2 is 2.00 bits per heavy atom. The maximum absolute atomic E-state index is 12.5. The molecular weight excluding hydrogens is 240 g/mol. The van der Waals surface area contributed by atoms with Gasteiger partial charge in [-0.05, 0) is 38.9 Å². The van der Waals surface area contributed by atoms with E-state index in [1.807, 2.05) is 11.9 Å². The van der Waals surface area contributed by atoms with E-state index in [0.717, 1.165) is 26.1 Å². The van der Waals surface area contributed by atoms with Crippen molar-refractivity contribution in [2.45, 2.75) is 13.3 Å². The topological polar surface area (TPSA) is 49.4 Å². The Balaban J connectivity index is 2.15. The molecule has 1 aromatic carbocycles. The van der Waals surface area contributed by atoms with Crippen molar-refractivity contribution in [2.75, 3.05) is 26.7 Å². The van der Waals surface area contributed by atoms with Crippen molar-refractivity contribution in [3.8, 4) is 0 Å². The van der Waals surface area contributed by atoms with Gasteiger partial charge in [-0.2, -0.15) is 0 Å². The molecule has 4 nitrogen and oxygen atoms in total. The number of likely N-dealkylation sites (tertiary alicyclic amines) is 1. The fourth-order valence-electron chi connectivity index (χ4n) is 2.62. The summed E-state index contributed by atoms with van der Waals surface area (Å²) < 4.78 is 0. The molecule has 1 N–H and O–H groups in total. The number of carbonyl (C=O) groups excluding carboxylic acids is 2. The zero-order valence-electron chi connectivity index (χ0n) is 11.5. The molecule has 1 aromatic rings. The molecule has 0 radical (unpaired) electrons. The lowest BCUT2D eigenvalue weighted by Gasteiger charge is -2.18. The van der Waals surface area contributed by atoms with Gasteiger partial charge in [0, 0.05) is 18.7 Å². The molecule has 2 rings (SSSR count). The highest BCUT2D eigenvalue weighted by atomic mass is 16.2. The Labute approximate surface area is 113 Å². The average Bonchev–Trinajstić information content (AvgIpc) is 2.87. The zero-order valence-corrected chi connectivity index (χ0v) is 11.5. The molecule has 1 fully saturated rings. The third-order valence-electron chi connectivity index (χ3n) is 3.60. The normalized spacial score (nSPS) is 18.6. The monoisotopic (exact) mass is 260 g/mol. The molecule has 0 aromatic heterocycles. The number of Topliss-reactive ketones (excluding diaryl/α,β-unsaturated/α-hetero) is 1. The van der Waals surface area contributed by atoms with Crippen LogP contribution < -0.4 is 5.32 Å². The number of hydrogen-bond acceptors (Lipinski definition) is 3. The third-order valence-corrected chi connectivity index (χ3v) is 3.60. The standard InChI is InChI=1S/C15H20N2O2/c1-11(18)13-5-3-4-6-14(13)15(19)17-8-7-12(10-17)9-16-2/h3-6,12,16H,7-10H2,1-2H3. The lowest BCUT2D eigenvalue weighted by atomic mass is 10.0. The van der Waals surface area contributed by atoms with Crippen molar-refractivity contribution in [2.24, 2.45) is 5.92 Å². The van der Waals surface area contributed by atoms with Crippen LogP contribution in [0.5, 0.6) is 0 Å². The van der Waals surface area contributed by atoms with Crippen molar-refractivity contribution in [3.63, 3.8) is 0 Å². The minimum atomic E-state index is -0.0603. The van der Waals surface area contributed by atoms with Crippen LogP contribution in [0.15, 0.2) is 24.3 Å². The van der Waals surface area contributed by atoms with Gasteiger partial charge in [0.15, 0.2) is 5.78 Å².